The Morgan fingerprint density at radius 1 is 0.575 bits per heavy atom. The van der Waals surface area contributed by atoms with Crippen LogP contribution in [-0.2, 0) is 20.2 Å². The van der Waals surface area contributed by atoms with Gasteiger partial charge >= 0.3 is 223 Å². The van der Waals surface area contributed by atoms with Crippen LogP contribution in [0, 0.1) is 11.6 Å². The van der Waals surface area contributed by atoms with E-state index in [1.807, 2.05) is 0 Å². The monoisotopic (exact) mass is 582 g/mol. The van der Waals surface area contributed by atoms with Crippen molar-refractivity contribution in [2.75, 3.05) is 6.16 Å². The normalized spacial score (nSPS) is 21.1. The van der Waals surface area contributed by atoms with Gasteiger partial charge in [0.2, 0.25) is 0 Å². The van der Waals surface area contributed by atoms with Crippen molar-refractivity contribution < 1.29 is 44.2 Å². The molecule has 0 N–H and O–H groups in total. The van der Waals surface area contributed by atoms with Crippen LogP contribution in [0.25, 0.3) is 0 Å². The molecular formula is C29H19F8O2P. The van der Waals surface area contributed by atoms with Crippen molar-refractivity contribution in [3.8, 4) is 0 Å². The Balaban J connectivity index is 1.69. The summed E-state index contributed by atoms with van der Waals surface area (Å²) < 4.78 is 128. The standard InChI is InChI=1S/C29H19F8O2P/c30-21-14-10-19(11-15-21)26(20-12-16-22(31)17-13-20)18-40(38-26,23-6-2-1-3-7-23)25-9-5-4-8-24(25)27(39-40,28(32,33)34)29(35,36)37/h1-17H,18H2. The first-order valence-electron chi connectivity index (χ1n) is 12.0. The van der Waals surface area contributed by atoms with Gasteiger partial charge in [0.1, 0.15) is 0 Å². The number of fused-ring (bicyclic) bond motifs is 2. The average molecular weight is 582 g/mol. The maximum atomic E-state index is 14.7. The summed E-state index contributed by atoms with van der Waals surface area (Å²) in [4.78, 5) is 0. The van der Waals surface area contributed by atoms with E-state index in [1.165, 1.54) is 60.7 Å². The summed E-state index contributed by atoms with van der Waals surface area (Å²) in [5, 5.41) is -0.314. The summed E-state index contributed by atoms with van der Waals surface area (Å²) in [6.45, 7) is 0. The summed E-state index contributed by atoms with van der Waals surface area (Å²) in [7, 11) is -5.26. The van der Waals surface area contributed by atoms with E-state index in [1.54, 1.807) is 6.07 Å². The van der Waals surface area contributed by atoms with Crippen molar-refractivity contribution in [3.05, 3.63) is 131 Å². The molecule has 2 nitrogen and oxygen atoms in total. The number of hydrogen-bond acceptors (Lipinski definition) is 2. The van der Waals surface area contributed by atoms with E-state index in [9.17, 15) is 35.1 Å². The SMILES string of the molecule is Fc1ccc(C2(c3ccc(F)cc3)CP3(c4ccccc4)(O2)OC(C(F)(F)F)(C(F)(F)F)c2ccccc23)cc1. The van der Waals surface area contributed by atoms with E-state index in [2.05, 4.69) is 0 Å². The van der Waals surface area contributed by atoms with Gasteiger partial charge in [-0.1, -0.05) is 0 Å². The van der Waals surface area contributed by atoms with Crippen molar-refractivity contribution in [3.63, 3.8) is 0 Å². The van der Waals surface area contributed by atoms with Gasteiger partial charge in [-0.05, 0) is 0 Å². The van der Waals surface area contributed by atoms with E-state index in [0.717, 1.165) is 36.4 Å². The molecule has 0 aromatic heterocycles. The Labute approximate surface area is 223 Å². The molecule has 4 aromatic rings. The van der Waals surface area contributed by atoms with Gasteiger partial charge in [-0.3, -0.25) is 0 Å². The van der Waals surface area contributed by atoms with Gasteiger partial charge in [-0.2, -0.15) is 0 Å². The fourth-order valence-corrected chi connectivity index (χ4v) is 11.9. The fourth-order valence-electron chi connectivity index (χ4n) is 5.99. The van der Waals surface area contributed by atoms with Gasteiger partial charge in [-0.25, -0.2) is 0 Å². The minimum atomic E-state index is -5.91. The third-order valence-electron chi connectivity index (χ3n) is 7.66. The predicted molar refractivity (Wildman–Crippen MR) is 133 cm³/mol. The average Bonchev–Trinajstić information content (AvgIpc) is 3.20. The van der Waals surface area contributed by atoms with Crippen LogP contribution in [0.4, 0.5) is 35.1 Å². The molecule has 0 radical (unpaired) electrons. The topological polar surface area (TPSA) is 18.5 Å². The third-order valence-corrected chi connectivity index (χ3v) is 12.7. The number of alkyl halides is 6. The molecular weight excluding hydrogens is 563 g/mol. The first kappa shape index (κ1) is 26.9. The van der Waals surface area contributed by atoms with Gasteiger partial charge in [-0.15, -0.1) is 0 Å². The summed E-state index contributed by atoms with van der Waals surface area (Å²) in [5.74, 6) is -1.23. The van der Waals surface area contributed by atoms with Crippen LogP contribution in [0.3, 0.4) is 0 Å². The molecule has 2 aliphatic rings. The second-order valence-electron chi connectivity index (χ2n) is 9.84. The minimum absolute atomic E-state index is 0.0242. The molecule has 11 heteroatoms. The van der Waals surface area contributed by atoms with Gasteiger partial charge in [0, 0.05) is 0 Å². The van der Waals surface area contributed by atoms with Crippen LogP contribution in [0.2, 0.25) is 0 Å². The van der Waals surface area contributed by atoms with Crippen molar-refractivity contribution in [2.45, 2.75) is 23.6 Å². The number of hydrogen-bond donors (Lipinski definition) is 0. The third kappa shape index (κ3) is 3.33. The second kappa shape index (κ2) is 8.35. The predicted octanol–water partition coefficient (Wildman–Crippen LogP) is 7.62. The molecule has 2 heterocycles. The zero-order chi connectivity index (χ0) is 28.6. The van der Waals surface area contributed by atoms with Crippen molar-refractivity contribution in [2.24, 2.45) is 0 Å². The molecule has 1 saturated heterocycles. The number of rotatable bonds is 3. The second-order valence-corrected chi connectivity index (χ2v) is 13.8. The van der Waals surface area contributed by atoms with E-state index in [4.69, 9.17) is 9.05 Å². The van der Waals surface area contributed by atoms with E-state index >= 15 is 0 Å². The summed E-state index contributed by atoms with van der Waals surface area (Å²) >= 11 is 0. The first-order chi connectivity index (χ1) is 18.8. The molecule has 0 atom stereocenters. The van der Waals surface area contributed by atoms with Crippen molar-refractivity contribution in [1.29, 1.82) is 0 Å². The van der Waals surface area contributed by atoms with Gasteiger partial charge in [0.15, 0.2) is 0 Å². The Bertz CT molecular complexity index is 1510. The Morgan fingerprint density at radius 3 is 1.50 bits per heavy atom. The van der Waals surface area contributed by atoms with Crippen molar-refractivity contribution >= 4 is 17.7 Å². The van der Waals surface area contributed by atoms with Crippen molar-refractivity contribution in [1.82, 2.24) is 0 Å². The molecule has 0 amide bonds. The van der Waals surface area contributed by atoms with E-state index < -0.39 is 54.0 Å². The van der Waals surface area contributed by atoms with E-state index in [-0.39, 0.29) is 21.7 Å². The van der Waals surface area contributed by atoms with Gasteiger partial charge < -0.3 is 0 Å². The summed E-state index contributed by atoms with van der Waals surface area (Å²) in [6.07, 6.45) is -12.3. The zero-order valence-electron chi connectivity index (χ0n) is 20.3. The van der Waals surface area contributed by atoms with Crippen LogP contribution in [-0.4, -0.2) is 18.5 Å². The quantitative estimate of drug-likeness (QED) is 0.183. The molecule has 2 aliphatic heterocycles. The Kier molecular flexibility index (Phi) is 5.61. The molecule has 0 unspecified atom stereocenters. The zero-order valence-corrected chi connectivity index (χ0v) is 21.2. The van der Waals surface area contributed by atoms with Crippen LogP contribution in [0.1, 0.15) is 16.7 Å². The molecule has 0 saturated carbocycles. The maximum absolute atomic E-state index is 14.7. The molecule has 1 spiro atoms. The molecule has 0 bridgehead atoms. The molecule has 6 rings (SSSR count). The van der Waals surface area contributed by atoms with Crippen LogP contribution in [0.15, 0.2) is 103 Å². The van der Waals surface area contributed by atoms with Gasteiger partial charge in [0.05, 0.1) is 0 Å². The van der Waals surface area contributed by atoms with Crippen LogP contribution in [0.5, 0.6) is 0 Å². The van der Waals surface area contributed by atoms with Crippen LogP contribution < -0.4 is 10.6 Å². The fraction of sp³-hybridized carbons (Fsp3) is 0.172. The first-order valence-corrected chi connectivity index (χ1v) is 14.3. The molecule has 40 heavy (non-hydrogen) atoms. The Hall–Kier alpha value is -3.33. The van der Waals surface area contributed by atoms with Crippen LogP contribution >= 0.6 is 7.06 Å². The summed E-state index contributed by atoms with van der Waals surface area (Å²) in [6, 6.07) is 21.4. The van der Waals surface area contributed by atoms with E-state index in [0.29, 0.717) is 0 Å². The molecule has 4 aromatic carbocycles. The number of benzene rings is 4. The van der Waals surface area contributed by atoms with Gasteiger partial charge in [0.25, 0.3) is 0 Å². The Morgan fingerprint density at radius 2 is 1.02 bits per heavy atom. The summed E-state index contributed by atoms with van der Waals surface area (Å²) in [5.41, 5.74) is -6.95. The molecule has 208 valence electrons. The molecule has 0 aliphatic carbocycles. The molecule has 1 fully saturated rings. The number of halogens is 8.